The lowest BCUT2D eigenvalue weighted by Crippen LogP contribution is -2.35. The molecule has 0 saturated carbocycles. The van der Waals surface area contributed by atoms with E-state index in [0.717, 1.165) is 17.1 Å². The zero-order chi connectivity index (χ0) is 21.3. The van der Waals surface area contributed by atoms with Crippen LogP contribution in [0.25, 0.3) is 0 Å². The first-order valence-corrected chi connectivity index (χ1v) is 9.93. The molecule has 0 aliphatic carbocycles. The molecule has 3 aromatic rings. The molecule has 1 N–H and O–H groups in total. The molecule has 1 unspecified atom stereocenters. The highest BCUT2D eigenvalue weighted by atomic mass is 16.5. The maximum atomic E-state index is 10.7. The fourth-order valence-electron chi connectivity index (χ4n) is 3.13. The average molecular weight is 408 g/mol. The number of pyridine rings is 1. The molecule has 0 aliphatic heterocycles. The van der Waals surface area contributed by atoms with E-state index in [0.29, 0.717) is 24.6 Å². The minimum absolute atomic E-state index is 0.156. The molecule has 0 aliphatic rings. The highest BCUT2D eigenvalue weighted by Crippen LogP contribution is 2.26. The SMILES string of the molecule is COc1ccccc1OCC(O)CN(Cc1ccc(N(C)C)cc1)c1ccccn1. The van der Waals surface area contributed by atoms with Crippen LogP contribution in [0.2, 0.25) is 0 Å². The molecule has 0 bridgehead atoms. The summed E-state index contributed by atoms with van der Waals surface area (Å²) in [4.78, 5) is 8.59. The average Bonchev–Trinajstić information content (AvgIpc) is 2.78. The third kappa shape index (κ3) is 5.87. The third-order valence-electron chi connectivity index (χ3n) is 4.73. The summed E-state index contributed by atoms with van der Waals surface area (Å²) in [5.74, 6) is 2.07. The van der Waals surface area contributed by atoms with E-state index in [-0.39, 0.29) is 6.61 Å². The quantitative estimate of drug-likeness (QED) is 0.554. The molecule has 0 radical (unpaired) electrons. The molecule has 3 rings (SSSR count). The number of aliphatic hydroxyl groups is 1. The summed E-state index contributed by atoms with van der Waals surface area (Å²) < 4.78 is 11.1. The number of hydrogen-bond acceptors (Lipinski definition) is 6. The van der Waals surface area contributed by atoms with E-state index in [1.165, 1.54) is 0 Å². The van der Waals surface area contributed by atoms with Gasteiger partial charge in [-0.2, -0.15) is 0 Å². The summed E-state index contributed by atoms with van der Waals surface area (Å²) >= 11 is 0. The van der Waals surface area contributed by atoms with Gasteiger partial charge in [-0.25, -0.2) is 4.98 Å². The van der Waals surface area contributed by atoms with Gasteiger partial charge >= 0.3 is 0 Å². The van der Waals surface area contributed by atoms with E-state index in [2.05, 4.69) is 39.0 Å². The molecule has 1 heterocycles. The smallest absolute Gasteiger partial charge is 0.161 e. The molecule has 2 aromatic carbocycles. The maximum absolute atomic E-state index is 10.7. The van der Waals surface area contributed by atoms with E-state index in [1.807, 2.05) is 56.6 Å². The van der Waals surface area contributed by atoms with E-state index < -0.39 is 6.10 Å². The van der Waals surface area contributed by atoms with Gasteiger partial charge in [0.2, 0.25) is 0 Å². The van der Waals surface area contributed by atoms with Crippen molar-refractivity contribution in [2.75, 3.05) is 44.2 Å². The number of ether oxygens (including phenoxy) is 2. The zero-order valence-electron chi connectivity index (χ0n) is 17.7. The molecular formula is C24H29N3O3. The Morgan fingerprint density at radius 2 is 1.63 bits per heavy atom. The Labute approximate surface area is 178 Å². The fraction of sp³-hybridized carbons (Fsp3) is 0.292. The van der Waals surface area contributed by atoms with Gasteiger partial charge in [-0.1, -0.05) is 30.3 Å². The molecule has 0 saturated heterocycles. The van der Waals surface area contributed by atoms with Crippen molar-refractivity contribution >= 4 is 11.5 Å². The Bertz CT molecular complexity index is 901. The Balaban J connectivity index is 1.68. The number of nitrogens with zero attached hydrogens (tertiary/aromatic N) is 3. The van der Waals surface area contributed by atoms with Gasteiger partial charge in [-0.05, 0) is 42.0 Å². The molecule has 1 atom stereocenters. The van der Waals surface area contributed by atoms with Crippen LogP contribution >= 0.6 is 0 Å². The Morgan fingerprint density at radius 3 is 2.27 bits per heavy atom. The molecular weight excluding hydrogens is 378 g/mol. The first-order valence-electron chi connectivity index (χ1n) is 9.93. The minimum atomic E-state index is -0.696. The van der Waals surface area contributed by atoms with Crippen molar-refractivity contribution in [3.8, 4) is 11.5 Å². The van der Waals surface area contributed by atoms with Crippen molar-refractivity contribution in [2.45, 2.75) is 12.6 Å². The van der Waals surface area contributed by atoms with Gasteiger partial charge in [0, 0.05) is 39.1 Å². The normalized spacial score (nSPS) is 11.6. The summed E-state index contributed by atoms with van der Waals surface area (Å²) in [6, 6.07) is 21.6. The molecule has 30 heavy (non-hydrogen) atoms. The van der Waals surface area contributed by atoms with Gasteiger partial charge in [-0.15, -0.1) is 0 Å². The molecule has 6 nitrogen and oxygen atoms in total. The van der Waals surface area contributed by atoms with Crippen molar-refractivity contribution in [1.82, 2.24) is 4.98 Å². The van der Waals surface area contributed by atoms with E-state index in [9.17, 15) is 5.11 Å². The first kappa shape index (κ1) is 21.5. The lowest BCUT2D eigenvalue weighted by atomic mass is 10.1. The fourth-order valence-corrected chi connectivity index (χ4v) is 3.13. The second-order valence-electron chi connectivity index (χ2n) is 7.25. The largest absolute Gasteiger partial charge is 0.493 e. The molecule has 1 aromatic heterocycles. The van der Waals surface area contributed by atoms with Gasteiger partial charge in [-0.3, -0.25) is 0 Å². The van der Waals surface area contributed by atoms with Crippen LogP contribution in [-0.4, -0.2) is 50.6 Å². The Morgan fingerprint density at radius 1 is 0.933 bits per heavy atom. The van der Waals surface area contributed by atoms with Gasteiger partial charge in [0.1, 0.15) is 18.5 Å². The first-order chi connectivity index (χ1) is 14.6. The van der Waals surface area contributed by atoms with Crippen LogP contribution < -0.4 is 19.3 Å². The number of aromatic nitrogens is 1. The monoisotopic (exact) mass is 407 g/mol. The van der Waals surface area contributed by atoms with Crippen LogP contribution in [0.3, 0.4) is 0 Å². The molecule has 0 fully saturated rings. The van der Waals surface area contributed by atoms with Crippen molar-refractivity contribution in [3.63, 3.8) is 0 Å². The number of methoxy groups -OCH3 is 1. The van der Waals surface area contributed by atoms with Crippen molar-refractivity contribution in [1.29, 1.82) is 0 Å². The summed E-state index contributed by atoms with van der Waals surface area (Å²) in [5, 5.41) is 10.7. The van der Waals surface area contributed by atoms with Gasteiger partial charge < -0.3 is 24.4 Å². The predicted octanol–water partition coefficient (Wildman–Crippen LogP) is 3.60. The maximum Gasteiger partial charge on any atom is 0.161 e. The molecule has 0 amide bonds. The van der Waals surface area contributed by atoms with Crippen LogP contribution in [0.4, 0.5) is 11.5 Å². The number of rotatable bonds is 10. The summed E-state index contributed by atoms with van der Waals surface area (Å²) in [7, 11) is 5.64. The van der Waals surface area contributed by atoms with Gasteiger partial charge in [0.15, 0.2) is 11.5 Å². The third-order valence-corrected chi connectivity index (χ3v) is 4.73. The van der Waals surface area contributed by atoms with Crippen LogP contribution in [-0.2, 0) is 6.54 Å². The van der Waals surface area contributed by atoms with Gasteiger partial charge in [0.05, 0.1) is 7.11 Å². The van der Waals surface area contributed by atoms with Crippen LogP contribution in [0.1, 0.15) is 5.56 Å². The second-order valence-corrected chi connectivity index (χ2v) is 7.25. The number of anilines is 2. The highest BCUT2D eigenvalue weighted by Gasteiger charge is 2.16. The molecule has 6 heteroatoms. The minimum Gasteiger partial charge on any atom is -0.493 e. The Hall–Kier alpha value is -3.25. The predicted molar refractivity (Wildman–Crippen MR) is 121 cm³/mol. The van der Waals surface area contributed by atoms with Crippen molar-refractivity contribution in [2.24, 2.45) is 0 Å². The van der Waals surface area contributed by atoms with Crippen molar-refractivity contribution < 1.29 is 14.6 Å². The molecule has 0 spiro atoms. The Kier molecular flexibility index (Phi) is 7.51. The van der Waals surface area contributed by atoms with Crippen molar-refractivity contribution in [3.05, 3.63) is 78.5 Å². The number of hydrogen-bond donors (Lipinski definition) is 1. The van der Waals surface area contributed by atoms with Gasteiger partial charge in [0.25, 0.3) is 0 Å². The standard InChI is InChI=1S/C24H29N3O3/c1-26(2)20-13-11-19(12-14-20)16-27(24-10-6-7-15-25-24)17-21(28)18-30-23-9-5-4-8-22(23)29-3/h4-15,21,28H,16-18H2,1-3H3. The zero-order valence-corrected chi connectivity index (χ0v) is 17.7. The molecule has 158 valence electrons. The number of aliphatic hydroxyl groups excluding tert-OH is 1. The van der Waals surface area contributed by atoms with Crippen LogP contribution in [0, 0.1) is 0 Å². The van der Waals surface area contributed by atoms with E-state index >= 15 is 0 Å². The lowest BCUT2D eigenvalue weighted by Gasteiger charge is -2.27. The second kappa shape index (κ2) is 10.5. The summed E-state index contributed by atoms with van der Waals surface area (Å²) in [6.07, 6.45) is 1.06. The lowest BCUT2D eigenvalue weighted by molar-refractivity contribution is 0.110. The van der Waals surface area contributed by atoms with E-state index in [4.69, 9.17) is 9.47 Å². The van der Waals surface area contributed by atoms with E-state index in [1.54, 1.807) is 13.3 Å². The summed E-state index contributed by atoms with van der Waals surface area (Å²) in [5.41, 5.74) is 2.29. The summed E-state index contributed by atoms with van der Waals surface area (Å²) in [6.45, 7) is 1.18. The van der Waals surface area contributed by atoms with Crippen LogP contribution in [0.15, 0.2) is 72.9 Å². The highest BCUT2D eigenvalue weighted by molar-refractivity contribution is 5.47. The topological polar surface area (TPSA) is 58.1 Å². The number of para-hydroxylation sites is 2. The van der Waals surface area contributed by atoms with Crippen LogP contribution in [0.5, 0.6) is 11.5 Å². The number of benzene rings is 2.